The van der Waals surface area contributed by atoms with Crippen molar-refractivity contribution < 1.29 is 17.9 Å². The molecule has 0 saturated carbocycles. The van der Waals surface area contributed by atoms with Gasteiger partial charge >= 0.3 is 6.18 Å². The Morgan fingerprint density at radius 2 is 2.05 bits per heavy atom. The van der Waals surface area contributed by atoms with Crippen molar-refractivity contribution in [2.45, 2.75) is 19.1 Å². The van der Waals surface area contributed by atoms with Crippen LogP contribution < -0.4 is 5.32 Å². The second-order valence-corrected chi connectivity index (χ2v) is 4.40. The van der Waals surface area contributed by atoms with Gasteiger partial charge in [0.1, 0.15) is 12.3 Å². The van der Waals surface area contributed by atoms with Crippen LogP contribution in [0, 0.1) is 0 Å². The molecule has 0 unspecified atom stereocenters. The predicted molar refractivity (Wildman–Crippen MR) is 70.4 cm³/mol. The Kier molecular flexibility index (Phi) is 4.32. The molecule has 1 atom stereocenters. The standard InChI is InChI=1S/C14H15F3N2O/c1-10(11-5-3-2-4-6-11)19-12(14(15,16)17)9-13-18-7-8-20-13/h2-6,9-10,19H,7-8H2,1H3/b12-9-/t10-/m0/s1. The van der Waals surface area contributed by atoms with Gasteiger partial charge in [-0.15, -0.1) is 0 Å². The van der Waals surface area contributed by atoms with Crippen molar-refractivity contribution in [3.63, 3.8) is 0 Å². The average molecular weight is 284 g/mol. The molecular weight excluding hydrogens is 269 g/mol. The molecule has 0 fully saturated rings. The van der Waals surface area contributed by atoms with Crippen molar-refractivity contribution >= 4 is 5.90 Å². The van der Waals surface area contributed by atoms with Crippen LogP contribution in [-0.4, -0.2) is 25.2 Å². The van der Waals surface area contributed by atoms with Crippen LogP contribution in [0.25, 0.3) is 0 Å². The molecule has 20 heavy (non-hydrogen) atoms. The summed E-state index contributed by atoms with van der Waals surface area (Å²) in [4.78, 5) is 3.85. The number of alkyl halides is 3. The Labute approximate surface area is 115 Å². The summed E-state index contributed by atoms with van der Waals surface area (Å²) in [6, 6.07) is 8.47. The van der Waals surface area contributed by atoms with Crippen LogP contribution in [0.5, 0.6) is 0 Å². The lowest BCUT2D eigenvalue weighted by molar-refractivity contribution is -0.0976. The fourth-order valence-corrected chi connectivity index (χ4v) is 1.83. The molecule has 0 spiro atoms. The van der Waals surface area contributed by atoms with Crippen molar-refractivity contribution in [2.75, 3.05) is 13.2 Å². The first kappa shape index (κ1) is 14.4. The minimum absolute atomic E-state index is 0.0186. The van der Waals surface area contributed by atoms with E-state index < -0.39 is 17.9 Å². The fourth-order valence-electron chi connectivity index (χ4n) is 1.83. The molecule has 1 aliphatic rings. The summed E-state index contributed by atoms with van der Waals surface area (Å²) < 4.78 is 44.0. The minimum Gasteiger partial charge on any atom is -0.476 e. The van der Waals surface area contributed by atoms with Crippen molar-refractivity contribution in [1.82, 2.24) is 5.32 Å². The molecule has 0 aromatic heterocycles. The monoisotopic (exact) mass is 284 g/mol. The highest BCUT2D eigenvalue weighted by molar-refractivity contribution is 5.89. The first-order chi connectivity index (χ1) is 9.47. The number of nitrogens with one attached hydrogen (secondary N) is 1. The van der Waals surface area contributed by atoms with Gasteiger partial charge in [0.2, 0.25) is 5.90 Å². The number of allylic oxidation sites excluding steroid dienone is 1. The van der Waals surface area contributed by atoms with Crippen molar-refractivity contribution in [3.05, 3.63) is 47.7 Å². The zero-order valence-corrected chi connectivity index (χ0v) is 10.9. The summed E-state index contributed by atoms with van der Waals surface area (Å²) in [5.74, 6) is 0.0186. The molecule has 0 aliphatic carbocycles. The van der Waals surface area contributed by atoms with Gasteiger partial charge in [-0.2, -0.15) is 13.2 Å². The molecule has 0 amide bonds. The van der Waals surface area contributed by atoms with Gasteiger partial charge in [0.05, 0.1) is 6.54 Å². The fraction of sp³-hybridized carbons (Fsp3) is 0.357. The maximum absolute atomic E-state index is 13.0. The van der Waals surface area contributed by atoms with Crippen LogP contribution in [0.2, 0.25) is 0 Å². The van der Waals surface area contributed by atoms with Crippen LogP contribution in [0.15, 0.2) is 47.1 Å². The second-order valence-electron chi connectivity index (χ2n) is 4.40. The Bertz CT molecular complexity index is 509. The minimum atomic E-state index is -4.47. The Hall–Kier alpha value is -1.98. The molecule has 1 aromatic rings. The van der Waals surface area contributed by atoms with E-state index in [4.69, 9.17) is 4.74 Å². The van der Waals surface area contributed by atoms with Gasteiger partial charge in [0, 0.05) is 12.1 Å². The number of aliphatic imine (C=N–C) groups is 1. The molecule has 1 aromatic carbocycles. The first-order valence-electron chi connectivity index (χ1n) is 6.24. The molecule has 2 rings (SSSR count). The summed E-state index contributed by atoms with van der Waals surface area (Å²) in [6.07, 6.45) is -3.57. The number of benzene rings is 1. The number of halogens is 3. The summed E-state index contributed by atoms with van der Waals surface area (Å²) in [7, 11) is 0. The summed E-state index contributed by atoms with van der Waals surface area (Å²) in [6.45, 7) is 2.39. The van der Waals surface area contributed by atoms with E-state index in [0.29, 0.717) is 13.2 Å². The topological polar surface area (TPSA) is 33.6 Å². The van der Waals surface area contributed by atoms with Gasteiger partial charge < -0.3 is 10.1 Å². The van der Waals surface area contributed by atoms with Crippen LogP contribution in [0.3, 0.4) is 0 Å². The van der Waals surface area contributed by atoms with E-state index in [0.717, 1.165) is 11.6 Å². The van der Waals surface area contributed by atoms with Crippen LogP contribution >= 0.6 is 0 Å². The molecule has 1 aliphatic heterocycles. The summed E-state index contributed by atoms with van der Waals surface area (Å²) >= 11 is 0. The first-order valence-corrected chi connectivity index (χ1v) is 6.24. The number of hydrogen-bond acceptors (Lipinski definition) is 3. The third-order valence-electron chi connectivity index (χ3n) is 2.85. The Morgan fingerprint density at radius 3 is 2.60 bits per heavy atom. The molecule has 108 valence electrons. The highest BCUT2D eigenvalue weighted by Crippen LogP contribution is 2.26. The highest BCUT2D eigenvalue weighted by Gasteiger charge is 2.35. The average Bonchev–Trinajstić information content (AvgIpc) is 2.91. The number of hydrogen-bond donors (Lipinski definition) is 1. The number of rotatable bonds is 4. The highest BCUT2D eigenvalue weighted by atomic mass is 19.4. The van der Waals surface area contributed by atoms with Gasteiger partial charge in [-0.1, -0.05) is 30.3 Å². The zero-order valence-electron chi connectivity index (χ0n) is 10.9. The third kappa shape index (κ3) is 3.76. The molecule has 0 bridgehead atoms. The molecule has 1 N–H and O–H groups in total. The molecule has 1 heterocycles. The largest absolute Gasteiger partial charge is 0.476 e. The third-order valence-corrected chi connectivity index (χ3v) is 2.85. The van der Waals surface area contributed by atoms with Gasteiger partial charge in [-0.05, 0) is 12.5 Å². The van der Waals surface area contributed by atoms with E-state index in [1.54, 1.807) is 31.2 Å². The SMILES string of the molecule is C[C@H](N/C(=C\C1=NCCO1)C(F)(F)F)c1ccccc1. The van der Waals surface area contributed by atoms with Crippen LogP contribution in [0.4, 0.5) is 13.2 Å². The van der Waals surface area contributed by atoms with Gasteiger partial charge in [0.15, 0.2) is 0 Å². The maximum Gasteiger partial charge on any atom is 0.431 e. The number of ether oxygens (including phenoxy) is 1. The maximum atomic E-state index is 13.0. The molecular formula is C14H15F3N2O. The normalized spacial score (nSPS) is 17.4. The van der Waals surface area contributed by atoms with Crippen molar-refractivity contribution in [2.24, 2.45) is 4.99 Å². The smallest absolute Gasteiger partial charge is 0.431 e. The van der Waals surface area contributed by atoms with Gasteiger partial charge in [0.25, 0.3) is 0 Å². The summed E-state index contributed by atoms with van der Waals surface area (Å²) in [5, 5.41) is 2.48. The van der Waals surface area contributed by atoms with E-state index in [-0.39, 0.29) is 5.90 Å². The van der Waals surface area contributed by atoms with E-state index >= 15 is 0 Å². The Balaban J connectivity index is 2.16. The van der Waals surface area contributed by atoms with E-state index in [1.165, 1.54) is 0 Å². The van der Waals surface area contributed by atoms with E-state index in [2.05, 4.69) is 10.3 Å². The molecule has 0 saturated heterocycles. The second kappa shape index (κ2) is 5.98. The quantitative estimate of drug-likeness (QED) is 0.921. The van der Waals surface area contributed by atoms with Gasteiger partial charge in [-0.3, -0.25) is 0 Å². The lowest BCUT2D eigenvalue weighted by Gasteiger charge is -2.20. The van der Waals surface area contributed by atoms with Crippen molar-refractivity contribution in [3.8, 4) is 0 Å². The van der Waals surface area contributed by atoms with E-state index in [9.17, 15) is 13.2 Å². The molecule has 6 heteroatoms. The number of nitrogens with zero attached hydrogens (tertiary/aromatic N) is 1. The lowest BCUT2D eigenvalue weighted by atomic mass is 10.1. The zero-order chi connectivity index (χ0) is 14.6. The lowest BCUT2D eigenvalue weighted by Crippen LogP contribution is -2.29. The molecule has 0 radical (unpaired) electrons. The predicted octanol–water partition coefficient (Wildman–Crippen LogP) is 3.21. The van der Waals surface area contributed by atoms with Crippen molar-refractivity contribution in [1.29, 1.82) is 0 Å². The van der Waals surface area contributed by atoms with E-state index in [1.807, 2.05) is 6.07 Å². The van der Waals surface area contributed by atoms with Gasteiger partial charge in [-0.25, -0.2) is 4.99 Å². The summed E-state index contributed by atoms with van der Waals surface area (Å²) in [5.41, 5.74) is -0.0774. The van der Waals surface area contributed by atoms with Crippen LogP contribution in [-0.2, 0) is 4.74 Å². The Morgan fingerprint density at radius 1 is 1.35 bits per heavy atom. The molecule has 3 nitrogen and oxygen atoms in total. The van der Waals surface area contributed by atoms with Crippen LogP contribution in [0.1, 0.15) is 18.5 Å².